The molecule has 0 aliphatic rings. The molecule has 23 aromatic carbocycles. The highest BCUT2D eigenvalue weighted by Crippen LogP contribution is 2.52. The van der Waals surface area contributed by atoms with Crippen molar-refractivity contribution in [3.05, 3.63) is 497 Å². The van der Waals surface area contributed by atoms with Crippen LogP contribution in [0.4, 0.5) is 0 Å². The Morgan fingerprint density at radius 2 is 0.385 bits per heavy atom. The lowest BCUT2D eigenvalue weighted by Gasteiger charge is -2.14. The van der Waals surface area contributed by atoms with Crippen molar-refractivity contribution in [1.29, 1.82) is 0 Å². The van der Waals surface area contributed by atoms with E-state index in [0.29, 0.717) is 0 Å². The first-order valence-corrected chi connectivity index (χ1v) is 51.4. The molecule has 0 saturated heterocycles. The smallest absolute Gasteiger partial charge is 0.0719 e. The van der Waals surface area contributed by atoms with E-state index in [1.165, 1.54) is 269 Å². The van der Waals surface area contributed by atoms with Gasteiger partial charge in [-0.15, -0.1) is 34.0 Å². The summed E-state index contributed by atoms with van der Waals surface area (Å²) in [4.78, 5) is 0. The predicted octanol–water partition coefficient (Wildman–Crippen LogP) is 38.1. The van der Waals surface area contributed by atoms with Crippen LogP contribution in [0.2, 0.25) is 0 Å². The van der Waals surface area contributed by atoms with Gasteiger partial charge in [-0.25, -0.2) is 0 Å². The van der Waals surface area contributed by atoms with Crippen molar-refractivity contribution in [2.24, 2.45) is 0 Å². The van der Waals surface area contributed by atoms with E-state index in [0.717, 1.165) is 11.4 Å². The largest absolute Gasteiger partial charge is 0.309 e. The first-order chi connectivity index (χ1) is 71.0. The third kappa shape index (κ3) is 12.6. The van der Waals surface area contributed by atoms with Crippen molar-refractivity contribution in [3.8, 4) is 67.5 Å². The van der Waals surface area contributed by atoms with E-state index in [1.807, 2.05) is 34.0 Å². The minimum absolute atomic E-state index is 1.16. The van der Waals surface area contributed by atoms with Gasteiger partial charge in [-0.1, -0.05) is 358 Å². The van der Waals surface area contributed by atoms with Crippen molar-refractivity contribution in [2.45, 2.75) is 0 Å². The average molecular weight is 1870 g/mol. The Labute approximate surface area is 832 Å². The molecule has 32 aromatic rings. The zero-order chi connectivity index (χ0) is 93.6. The Morgan fingerprint density at radius 1 is 0.126 bits per heavy atom. The summed E-state index contributed by atoms with van der Waals surface area (Å²) in [5.41, 5.74) is 29.1. The molecule has 0 unspecified atom stereocenters. The van der Waals surface area contributed by atoms with Gasteiger partial charge in [0.05, 0.1) is 86.0 Å². The lowest BCUT2D eigenvalue weighted by molar-refractivity contribution is 1.17. The summed E-state index contributed by atoms with van der Waals surface area (Å²) in [7, 11) is 0. The number of thiophene rings is 3. The van der Waals surface area contributed by atoms with Crippen molar-refractivity contribution >= 4 is 247 Å². The molecule has 9 heteroatoms. The summed E-state index contributed by atoms with van der Waals surface area (Å²) < 4.78 is 22.9. The Kier molecular flexibility index (Phi) is 18.3. The van der Waals surface area contributed by atoms with Gasteiger partial charge in [0.2, 0.25) is 0 Å². The second kappa shape index (κ2) is 32.3. The van der Waals surface area contributed by atoms with E-state index >= 15 is 0 Å². The molecule has 0 radical (unpaired) electrons. The number of aromatic nitrogens is 6. The van der Waals surface area contributed by atoms with Crippen molar-refractivity contribution in [2.75, 3.05) is 0 Å². The fourth-order valence-corrected chi connectivity index (χ4v) is 27.3. The Morgan fingerprint density at radius 3 is 0.783 bits per heavy atom. The molecule has 666 valence electrons. The minimum atomic E-state index is 1.16. The molecule has 0 aliphatic carbocycles. The number of benzene rings is 23. The third-order valence-corrected chi connectivity index (χ3v) is 33.4. The van der Waals surface area contributed by atoms with Crippen LogP contribution < -0.4 is 0 Å². The number of hydrogen-bond acceptors (Lipinski definition) is 3. The van der Waals surface area contributed by atoms with Gasteiger partial charge in [-0.05, 0) is 189 Å². The Hall–Kier alpha value is -18.0. The molecule has 0 fully saturated rings. The summed E-state index contributed by atoms with van der Waals surface area (Å²) in [6, 6.07) is 182. The van der Waals surface area contributed by atoms with Gasteiger partial charge in [0.25, 0.3) is 0 Å². The molecule has 0 saturated carbocycles. The SMILES string of the molecule is c1ccc(-c2cccc(-n3c4cc5c(cc4c4ccc6c7ccccc7sc6c43)c3ccccc3n5-c3ccccc3)c2)cc1.c1ccc(-c2cccc(-n3c4ccccc4c4cc5c6ccc7c8ccccc8sc7c6n(-c6cccc(-c7ccccc7)c6)c5cc43)c2)cc1.c1ccc(-n2c3cc4c(cc3c3ccc5c6ccccc6sc5c32)c2ccccc2n4-c2cc3ccccc3c3ccccc23)cc1. The number of nitrogens with zero attached hydrogens (tertiary/aromatic N) is 6. The van der Waals surface area contributed by atoms with E-state index in [-0.39, 0.29) is 0 Å². The lowest BCUT2D eigenvalue weighted by atomic mass is 10.00. The van der Waals surface area contributed by atoms with Crippen LogP contribution >= 0.6 is 34.0 Å². The van der Waals surface area contributed by atoms with Gasteiger partial charge in [0.1, 0.15) is 0 Å². The van der Waals surface area contributed by atoms with Crippen LogP contribution in [0.15, 0.2) is 497 Å². The van der Waals surface area contributed by atoms with Gasteiger partial charge < -0.3 is 27.4 Å². The molecule has 0 bridgehead atoms. The Balaban J connectivity index is 0.000000100. The fraction of sp³-hybridized carbons (Fsp3) is 0. The topological polar surface area (TPSA) is 29.6 Å². The van der Waals surface area contributed by atoms with E-state index in [4.69, 9.17) is 0 Å². The van der Waals surface area contributed by atoms with Crippen LogP contribution in [-0.4, -0.2) is 27.4 Å². The molecule has 0 spiro atoms. The lowest BCUT2D eigenvalue weighted by Crippen LogP contribution is -1.97. The maximum absolute atomic E-state index is 2.52. The maximum Gasteiger partial charge on any atom is 0.0719 e. The van der Waals surface area contributed by atoms with E-state index < -0.39 is 0 Å². The quantitative estimate of drug-likeness (QED) is 0.129. The number of rotatable bonds is 9. The summed E-state index contributed by atoms with van der Waals surface area (Å²) in [5, 5.41) is 28.2. The molecule has 0 N–H and O–H groups in total. The van der Waals surface area contributed by atoms with Crippen molar-refractivity contribution in [1.82, 2.24) is 27.4 Å². The molecule has 6 nitrogen and oxygen atoms in total. The number of hydrogen-bond donors (Lipinski definition) is 0. The predicted molar refractivity (Wildman–Crippen MR) is 615 cm³/mol. The highest BCUT2D eigenvalue weighted by molar-refractivity contribution is 7.27. The monoisotopic (exact) mass is 1870 g/mol. The second-order valence-corrected chi connectivity index (χ2v) is 40.8. The highest BCUT2D eigenvalue weighted by atomic mass is 32.1. The van der Waals surface area contributed by atoms with Crippen LogP contribution in [0.25, 0.3) is 280 Å². The maximum atomic E-state index is 2.52. The summed E-state index contributed by atoms with van der Waals surface area (Å²) in [6.45, 7) is 0. The molecular weight excluding hydrogens is 1790 g/mol. The second-order valence-electron chi connectivity index (χ2n) is 37.6. The Bertz CT molecular complexity index is 10900. The summed E-state index contributed by atoms with van der Waals surface area (Å²) in [6.07, 6.45) is 0. The van der Waals surface area contributed by atoms with Gasteiger partial charge >= 0.3 is 0 Å². The first kappa shape index (κ1) is 81.1. The van der Waals surface area contributed by atoms with Crippen LogP contribution in [0.3, 0.4) is 0 Å². The van der Waals surface area contributed by atoms with E-state index in [9.17, 15) is 0 Å². The van der Waals surface area contributed by atoms with Crippen LogP contribution in [0.1, 0.15) is 0 Å². The van der Waals surface area contributed by atoms with Crippen molar-refractivity contribution in [3.63, 3.8) is 0 Å². The normalized spacial score (nSPS) is 12.1. The molecule has 0 amide bonds. The average Bonchev–Trinajstić information content (AvgIpc) is 1.54. The molecule has 9 heterocycles. The zero-order valence-electron chi connectivity index (χ0n) is 77.3. The van der Waals surface area contributed by atoms with Gasteiger partial charge in [-0.2, -0.15) is 0 Å². The summed E-state index contributed by atoms with van der Waals surface area (Å²) in [5.74, 6) is 0. The fourth-order valence-electron chi connectivity index (χ4n) is 23.6. The minimum Gasteiger partial charge on any atom is -0.309 e. The van der Waals surface area contributed by atoms with Gasteiger partial charge in [0.15, 0.2) is 0 Å². The molecule has 0 atom stereocenters. The van der Waals surface area contributed by atoms with E-state index in [2.05, 4.69) is 525 Å². The van der Waals surface area contributed by atoms with Crippen molar-refractivity contribution < 1.29 is 0 Å². The summed E-state index contributed by atoms with van der Waals surface area (Å²) >= 11 is 5.70. The highest BCUT2D eigenvalue weighted by Gasteiger charge is 2.28. The van der Waals surface area contributed by atoms with Gasteiger partial charge in [0, 0.05) is 145 Å². The molecule has 9 aromatic heterocycles. The molecule has 32 rings (SSSR count). The van der Waals surface area contributed by atoms with Crippen LogP contribution in [0, 0.1) is 0 Å². The van der Waals surface area contributed by atoms with Gasteiger partial charge in [-0.3, -0.25) is 0 Å². The standard InChI is InChI=1S/C48H30N2S.C44H26N2S.C42H26N2S/c1-3-13-31(14-4-1)33-17-11-19-35(27-33)49-43-23-9-7-21-37(43)41-29-42-39-25-26-40-38-22-8-10-24-46(38)51-48(40)47(39)50(45(42)30-44(41)49)36-20-12-18-34(28-36)32-15-5-2-6-16-32;1-2-13-28(14-3-1)45-40-26-41-36(25-37(40)34-22-23-35-33-19-9-11-21-42(33)47-44(35)43(34)45)32-18-8-10-20-38(32)46(41)39-24-27-12-4-5-15-29(27)30-16-6-7-17-31(30)39;1-3-12-27(13-4-1)28-14-11-17-30(24-28)44-39-26-38-35(31-18-7-9-20-37(31)43(38)29-15-5-2-6-16-29)25-36(39)33-22-23-34-32-19-8-10-21-40(32)45-42(34)41(33)44/h1-30H;1-26H;1-26H. The third-order valence-electron chi connectivity index (χ3n) is 29.8. The van der Waals surface area contributed by atoms with Crippen LogP contribution in [-0.2, 0) is 0 Å². The first-order valence-electron chi connectivity index (χ1n) is 48.9. The molecular formula is C134H82N6S3. The van der Waals surface area contributed by atoms with E-state index in [1.54, 1.807) is 0 Å². The number of para-hydroxylation sites is 5. The zero-order valence-corrected chi connectivity index (χ0v) is 79.7. The molecule has 0 aliphatic heterocycles. The van der Waals surface area contributed by atoms with Crippen LogP contribution in [0.5, 0.6) is 0 Å². The molecule has 143 heavy (non-hydrogen) atoms. The number of fused-ring (bicyclic) bond motifs is 33.